The highest BCUT2D eigenvalue weighted by molar-refractivity contribution is 5.90. The molecule has 7 heteroatoms. The Kier molecular flexibility index (Phi) is 6.02. The van der Waals surface area contributed by atoms with E-state index in [1.54, 1.807) is 4.90 Å². The molecule has 2 aromatic rings. The number of oxazole rings is 1. The average molecular weight is 359 g/mol. The summed E-state index contributed by atoms with van der Waals surface area (Å²) in [6.07, 6.45) is 2.12. The number of esters is 1. The Balaban J connectivity index is 2.17. The van der Waals surface area contributed by atoms with E-state index in [1.165, 1.54) is 13.4 Å². The highest BCUT2D eigenvalue weighted by atomic mass is 16.5. The number of methoxy groups -OCH3 is 1. The molecule has 1 heterocycles. The van der Waals surface area contributed by atoms with Crippen molar-refractivity contribution < 1.29 is 18.7 Å². The lowest BCUT2D eigenvalue weighted by molar-refractivity contribution is 0.0594. The molecule has 1 aromatic heterocycles. The fourth-order valence-electron chi connectivity index (χ4n) is 2.39. The molecular formula is C19H25N3O4. The second-order valence-electron chi connectivity index (χ2n) is 6.86. The molecule has 1 N–H and O–H groups in total. The third-order valence-corrected chi connectivity index (χ3v) is 3.88. The van der Waals surface area contributed by atoms with Crippen molar-refractivity contribution in [2.45, 2.75) is 46.2 Å². The number of benzene rings is 1. The predicted octanol–water partition coefficient (Wildman–Crippen LogP) is 3.86. The highest BCUT2D eigenvalue weighted by Gasteiger charge is 2.28. The molecule has 1 aromatic carbocycles. The lowest BCUT2D eigenvalue weighted by atomic mass is 10.1. The van der Waals surface area contributed by atoms with Gasteiger partial charge in [-0.2, -0.15) is 0 Å². The van der Waals surface area contributed by atoms with Crippen molar-refractivity contribution in [3.63, 3.8) is 0 Å². The van der Waals surface area contributed by atoms with E-state index in [4.69, 9.17) is 4.42 Å². The van der Waals surface area contributed by atoms with E-state index in [0.717, 1.165) is 17.7 Å². The second kappa shape index (κ2) is 8.03. The lowest BCUT2D eigenvalue weighted by Crippen LogP contribution is -2.47. The third-order valence-electron chi connectivity index (χ3n) is 3.88. The van der Waals surface area contributed by atoms with Crippen molar-refractivity contribution in [2.75, 3.05) is 12.4 Å². The monoisotopic (exact) mass is 359 g/mol. The van der Waals surface area contributed by atoms with Crippen LogP contribution in [0.4, 0.5) is 10.5 Å². The Labute approximate surface area is 153 Å². The fraction of sp³-hybridized carbons (Fsp3) is 0.421. The van der Waals surface area contributed by atoms with Crippen LogP contribution >= 0.6 is 0 Å². The van der Waals surface area contributed by atoms with Crippen molar-refractivity contribution in [3.05, 3.63) is 47.7 Å². The first-order valence-corrected chi connectivity index (χ1v) is 8.45. The molecule has 7 nitrogen and oxygen atoms in total. The van der Waals surface area contributed by atoms with Gasteiger partial charge in [-0.1, -0.05) is 19.1 Å². The zero-order valence-corrected chi connectivity index (χ0v) is 15.8. The van der Waals surface area contributed by atoms with Gasteiger partial charge in [0.2, 0.25) is 5.89 Å². The average Bonchev–Trinajstić information content (AvgIpc) is 3.06. The zero-order chi connectivity index (χ0) is 19.3. The zero-order valence-electron chi connectivity index (χ0n) is 15.8. The summed E-state index contributed by atoms with van der Waals surface area (Å²) in [7, 11) is 1.27. The van der Waals surface area contributed by atoms with Crippen LogP contribution < -0.4 is 5.32 Å². The number of hydrogen-bond donors (Lipinski definition) is 1. The first-order chi connectivity index (χ1) is 12.2. The van der Waals surface area contributed by atoms with Crippen molar-refractivity contribution in [3.8, 4) is 0 Å². The maximum atomic E-state index is 12.8. The van der Waals surface area contributed by atoms with Gasteiger partial charge in [0, 0.05) is 11.2 Å². The number of amides is 2. The van der Waals surface area contributed by atoms with E-state index in [9.17, 15) is 9.59 Å². The Hall–Kier alpha value is -2.83. The van der Waals surface area contributed by atoms with Crippen LogP contribution in [0.25, 0.3) is 0 Å². The molecule has 140 valence electrons. The number of hydrogen-bond acceptors (Lipinski definition) is 5. The van der Waals surface area contributed by atoms with Gasteiger partial charge in [0.1, 0.15) is 6.26 Å². The van der Waals surface area contributed by atoms with Crippen LogP contribution in [0.1, 0.15) is 49.6 Å². The number of carbonyl (C=O) groups excluding carboxylic acids is 2. The van der Waals surface area contributed by atoms with Gasteiger partial charge < -0.3 is 19.4 Å². The summed E-state index contributed by atoms with van der Waals surface area (Å²) < 4.78 is 9.93. The molecule has 0 aliphatic heterocycles. The molecular weight excluding hydrogens is 334 g/mol. The Bertz CT molecular complexity index is 777. The van der Waals surface area contributed by atoms with Crippen LogP contribution in [0.2, 0.25) is 0 Å². The summed E-state index contributed by atoms with van der Waals surface area (Å²) in [5, 5.41) is 2.91. The SMILES string of the molecule is CCc1cccc(NC(=O)N(Cc2nc(C(=O)OC)co2)C(C)(C)C)c1. The molecule has 0 saturated heterocycles. The second-order valence-corrected chi connectivity index (χ2v) is 6.86. The summed E-state index contributed by atoms with van der Waals surface area (Å²) in [4.78, 5) is 30.0. The molecule has 0 bridgehead atoms. The van der Waals surface area contributed by atoms with Crippen LogP contribution in [0, 0.1) is 0 Å². The first kappa shape index (κ1) is 19.5. The van der Waals surface area contributed by atoms with E-state index in [-0.39, 0.29) is 24.2 Å². The van der Waals surface area contributed by atoms with Crippen LogP contribution in [-0.4, -0.2) is 34.5 Å². The maximum absolute atomic E-state index is 12.8. The normalized spacial score (nSPS) is 11.1. The molecule has 0 spiro atoms. The van der Waals surface area contributed by atoms with Gasteiger partial charge >= 0.3 is 12.0 Å². The summed E-state index contributed by atoms with van der Waals surface area (Å²) in [6, 6.07) is 7.44. The number of carbonyl (C=O) groups is 2. The molecule has 0 radical (unpaired) electrons. The van der Waals surface area contributed by atoms with Gasteiger partial charge in [0.25, 0.3) is 0 Å². The van der Waals surface area contributed by atoms with Crippen LogP contribution in [0.15, 0.2) is 34.9 Å². The van der Waals surface area contributed by atoms with Crippen molar-refractivity contribution in [1.29, 1.82) is 0 Å². The topological polar surface area (TPSA) is 84.7 Å². The number of rotatable bonds is 5. The molecule has 26 heavy (non-hydrogen) atoms. The maximum Gasteiger partial charge on any atom is 0.360 e. The molecule has 0 unspecified atom stereocenters. The van der Waals surface area contributed by atoms with E-state index < -0.39 is 11.5 Å². The molecule has 0 saturated carbocycles. The fourth-order valence-corrected chi connectivity index (χ4v) is 2.39. The number of anilines is 1. The third kappa shape index (κ3) is 4.84. The minimum absolute atomic E-state index is 0.0763. The molecule has 0 atom stereocenters. The van der Waals surface area contributed by atoms with Gasteiger partial charge in [0.15, 0.2) is 5.69 Å². The molecule has 2 amide bonds. The number of aromatic nitrogens is 1. The molecule has 0 fully saturated rings. The molecule has 0 aliphatic rings. The Morgan fingerprint density at radius 3 is 2.65 bits per heavy atom. The lowest BCUT2D eigenvalue weighted by Gasteiger charge is -2.34. The number of nitrogens with zero attached hydrogens (tertiary/aromatic N) is 2. The van der Waals surface area contributed by atoms with E-state index in [0.29, 0.717) is 0 Å². The predicted molar refractivity (Wildman–Crippen MR) is 98.0 cm³/mol. The number of ether oxygens (including phenoxy) is 1. The first-order valence-electron chi connectivity index (χ1n) is 8.45. The van der Waals surface area contributed by atoms with E-state index in [1.807, 2.05) is 45.0 Å². The van der Waals surface area contributed by atoms with Crippen LogP contribution in [-0.2, 0) is 17.7 Å². The number of urea groups is 1. The minimum Gasteiger partial charge on any atom is -0.464 e. The molecule has 0 aliphatic carbocycles. The number of aryl methyl sites for hydroxylation is 1. The molecule has 2 rings (SSSR count). The Morgan fingerprint density at radius 1 is 1.31 bits per heavy atom. The van der Waals surface area contributed by atoms with Crippen LogP contribution in [0.5, 0.6) is 0 Å². The smallest absolute Gasteiger partial charge is 0.360 e. The summed E-state index contributed by atoms with van der Waals surface area (Å²) >= 11 is 0. The van der Waals surface area contributed by atoms with Gasteiger partial charge in [-0.25, -0.2) is 14.6 Å². The van der Waals surface area contributed by atoms with Gasteiger partial charge in [0.05, 0.1) is 13.7 Å². The highest BCUT2D eigenvalue weighted by Crippen LogP contribution is 2.20. The summed E-state index contributed by atoms with van der Waals surface area (Å²) in [5.41, 5.74) is 1.46. The summed E-state index contributed by atoms with van der Waals surface area (Å²) in [5.74, 6) is -0.319. The van der Waals surface area contributed by atoms with Crippen molar-refractivity contribution >= 4 is 17.7 Å². The van der Waals surface area contributed by atoms with E-state index >= 15 is 0 Å². The minimum atomic E-state index is -0.580. The van der Waals surface area contributed by atoms with Crippen molar-refractivity contribution in [2.24, 2.45) is 0 Å². The Morgan fingerprint density at radius 2 is 2.04 bits per heavy atom. The summed E-state index contributed by atoms with van der Waals surface area (Å²) in [6.45, 7) is 7.93. The largest absolute Gasteiger partial charge is 0.464 e. The standard InChI is InChI=1S/C19H25N3O4/c1-6-13-8-7-9-14(10-13)20-18(24)22(19(2,3)4)11-16-21-15(12-26-16)17(23)25-5/h7-10,12H,6,11H2,1-5H3,(H,20,24). The van der Waals surface area contributed by atoms with Gasteiger partial charge in [-0.3, -0.25) is 0 Å². The van der Waals surface area contributed by atoms with Crippen molar-refractivity contribution in [1.82, 2.24) is 9.88 Å². The van der Waals surface area contributed by atoms with E-state index in [2.05, 4.69) is 22.0 Å². The van der Waals surface area contributed by atoms with Gasteiger partial charge in [-0.05, 0) is 44.9 Å². The van der Waals surface area contributed by atoms with Crippen LogP contribution in [0.3, 0.4) is 0 Å². The quantitative estimate of drug-likeness (QED) is 0.820. The number of nitrogens with one attached hydrogen (secondary N) is 1. The van der Waals surface area contributed by atoms with Gasteiger partial charge in [-0.15, -0.1) is 0 Å².